The van der Waals surface area contributed by atoms with Gasteiger partial charge in [-0.3, -0.25) is 20.1 Å². The monoisotopic (exact) mass is 186 g/mol. The zero-order valence-corrected chi connectivity index (χ0v) is 6.90. The number of halogens is 1. The fraction of sp³-hybridized carbons (Fsp3) is 0.143. The lowest BCUT2D eigenvalue weighted by Crippen LogP contribution is -2.35. The minimum Gasteiger partial charge on any atom is -0.264 e. The molecule has 0 aromatic heterocycles. The van der Waals surface area contributed by atoms with E-state index >= 15 is 0 Å². The molecule has 0 saturated heterocycles. The van der Waals surface area contributed by atoms with Gasteiger partial charge < -0.3 is 0 Å². The van der Waals surface area contributed by atoms with Gasteiger partial charge in [-0.15, -0.1) is 0 Å². The van der Waals surface area contributed by atoms with Crippen molar-refractivity contribution in [3.05, 3.63) is 29.6 Å². The smallest absolute Gasteiger partial charge is 0.264 e. The first-order valence-corrected chi connectivity index (χ1v) is 3.55. The van der Waals surface area contributed by atoms with E-state index in [2.05, 4.69) is 9.61 Å². The summed E-state index contributed by atoms with van der Waals surface area (Å²) in [5.41, 5.74) is 0.695. The summed E-state index contributed by atoms with van der Waals surface area (Å²) < 4.78 is 12.8. The summed E-state index contributed by atoms with van der Waals surface area (Å²) in [4.78, 5) is 7.57. The van der Waals surface area contributed by atoms with Crippen molar-refractivity contribution in [2.24, 2.45) is 0 Å². The van der Waals surface area contributed by atoms with Crippen LogP contribution in [0.25, 0.3) is 0 Å². The predicted molar refractivity (Wildman–Crippen MR) is 44.0 cm³/mol. The second-order valence-electron chi connectivity index (χ2n) is 2.55. The predicted octanol–water partition coefficient (Wildman–Crippen LogP) is 0.809. The van der Waals surface area contributed by atoms with Crippen molar-refractivity contribution in [2.75, 3.05) is 0 Å². The summed E-state index contributed by atoms with van der Waals surface area (Å²) in [7, 11) is -1.31. The third-order valence-electron chi connectivity index (χ3n) is 1.65. The molecule has 1 aromatic carbocycles. The Bertz CT molecular complexity index is 290. The van der Waals surface area contributed by atoms with Crippen LogP contribution in [0, 0.1) is 12.7 Å². The van der Waals surface area contributed by atoms with Crippen molar-refractivity contribution < 1.29 is 24.5 Å². The molecule has 0 aliphatic heterocycles. The summed E-state index contributed by atoms with van der Waals surface area (Å²) in [5, 5.41) is 16.5. The average molecular weight is 186 g/mol. The Morgan fingerprint density at radius 1 is 1.31 bits per heavy atom. The van der Waals surface area contributed by atoms with Crippen LogP contribution in [0.3, 0.4) is 0 Å². The Morgan fingerprint density at radius 3 is 2.38 bits per heavy atom. The number of rotatable bonds is 3. The van der Waals surface area contributed by atoms with E-state index in [9.17, 15) is 4.39 Å². The molecule has 0 radical (unpaired) electrons. The average Bonchev–Trinajstić information content (AvgIpc) is 2.13. The van der Waals surface area contributed by atoms with Gasteiger partial charge >= 0.3 is 7.12 Å². The summed E-state index contributed by atoms with van der Waals surface area (Å²) in [6, 6.07) is 3.92. The number of benzene rings is 1. The molecular weight excluding hydrogens is 178 g/mol. The third kappa shape index (κ3) is 2.25. The van der Waals surface area contributed by atoms with Crippen LogP contribution in [0.15, 0.2) is 18.2 Å². The summed E-state index contributed by atoms with van der Waals surface area (Å²) in [6.45, 7) is 1.55. The minimum atomic E-state index is -1.31. The highest BCUT2D eigenvalue weighted by molar-refractivity contribution is 6.60. The van der Waals surface area contributed by atoms with E-state index in [0.717, 1.165) is 0 Å². The zero-order chi connectivity index (χ0) is 9.84. The highest BCUT2D eigenvalue weighted by Gasteiger charge is 2.22. The number of aryl methyl sites for hydroxylation is 1. The molecule has 0 aliphatic carbocycles. The van der Waals surface area contributed by atoms with E-state index in [0.29, 0.717) is 11.0 Å². The molecule has 0 spiro atoms. The van der Waals surface area contributed by atoms with Crippen molar-refractivity contribution in [1.82, 2.24) is 0 Å². The van der Waals surface area contributed by atoms with Crippen molar-refractivity contribution in [3.63, 3.8) is 0 Å². The van der Waals surface area contributed by atoms with Crippen molar-refractivity contribution in [3.8, 4) is 0 Å². The van der Waals surface area contributed by atoms with Crippen LogP contribution in [0.4, 0.5) is 4.39 Å². The van der Waals surface area contributed by atoms with E-state index in [1.165, 1.54) is 18.2 Å². The second kappa shape index (κ2) is 4.34. The van der Waals surface area contributed by atoms with Crippen LogP contribution in [-0.4, -0.2) is 17.6 Å². The van der Waals surface area contributed by atoms with E-state index in [4.69, 9.17) is 10.5 Å². The first kappa shape index (κ1) is 10.1. The Balaban J connectivity index is 2.95. The molecule has 4 nitrogen and oxygen atoms in total. The number of hydrogen-bond donors (Lipinski definition) is 2. The summed E-state index contributed by atoms with van der Waals surface area (Å²) >= 11 is 0. The quantitative estimate of drug-likeness (QED) is 0.416. The molecule has 0 atom stereocenters. The fourth-order valence-corrected chi connectivity index (χ4v) is 0.955. The Kier molecular flexibility index (Phi) is 3.38. The molecule has 0 unspecified atom stereocenters. The Labute approximate surface area is 74.5 Å². The maximum atomic E-state index is 12.8. The van der Waals surface area contributed by atoms with Gasteiger partial charge in [0.1, 0.15) is 5.82 Å². The fourth-order valence-electron chi connectivity index (χ4n) is 0.955. The SMILES string of the molecule is Cc1cc(B(OO)OO)ccc1F. The first-order valence-electron chi connectivity index (χ1n) is 3.55. The first-order chi connectivity index (χ1) is 6.19. The number of hydrogen-bond acceptors (Lipinski definition) is 4. The van der Waals surface area contributed by atoms with E-state index in [-0.39, 0.29) is 5.82 Å². The summed E-state index contributed by atoms with van der Waals surface area (Å²) in [5.74, 6) is -0.377. The van der Waals surface area contributed by atoms with Gasteiger partial charge in [-0.1, -0.05) is 12.1 Å². The third-order valence-corrected chi connectivity index (χ3v) is 1.65. The summed E-state index contributed by atoms with van der Waals surface area (Å²) in [6.07, 6.45) is 0. The van der Waals surface area contributed by atoms with Crippen LogP contribution in [0.2, 0.25) is 0 Å². The molecule has 0 saturated carbocycles. The molecule has 1 rings (SSSR count). The van der Waals surface area contributed by atoms with Gasteiger partial charge in [0.2, 0.25) is 0 Å². The maximum Gasteiger partial charge on any atom is 0.554 e. The van der Waals surface area contributed by atoms with E-state index < -0.39 is 7.12 Å². The van der Waals surface area contributed by atoms with Gasteiger partial charge in [0, 0.05) is 0 Å². The molecular formula is C7H8BFO4. The molecule has 0 fully saturated rings. The molecule has 70 valence electrons. The van der Waals surface area contributed by atoms with Crippen molar-refractivity contribution in [1.29, 1.82) is 0 Å². The van der Waals surface area contributed by atoms with Crippen LogP contribution < -0.4 is 5.46 Å². The topological polar surface area (TPSA) is 58.9 Å². The van der Waals surface area contributed by atoms with Gasteiger partial charge in [-0.2, -0.15) is 0 Å². The van der Waals surface area contributed by atoms with Gasteiger partial charge in [0.25, 0.3) is 0 Å². The van der Waals surface area contributed by atoms with Gasteiger partial charge in [-0.25, -0.2) is 4.39 Å². The minimum absolute atomic E-state index is 0.323. The largest absolute Gasteiger partial charge is 0.554 e. The highest BCUT2D eigenvalue weighted by Crippen LogP contribution is 2.03. The van der Waals surface area contributed by atoms with Crippen molar-refractivity contribution in [2.45, 2.75) is 6.92 Å². The van der Waals surface area contributed by atoms with Crippen molar-refractivity contribution >= 4 is 12.6 Å². The lowest BCUT2D eigenvalue weighted by Gasteiger charge is -2.05. The Hall–Kier alpha value is -0.945. The molecule has 13 heavy (non-hydrogen) atoms. The lowest BCUT2D eigenvalue weighted by atomic mass is 9.79. The molecule has 0 bridgehead atoms. The normalized spacial score (nSPS) is 10.2. The van der Waals surface area contributed by atoms with Gasteiger partial charge in [0.15, 0.2) is 0 Å². The Morgan fingerprint density at radius 2 is 1.92 bits per heavy atom. The second-order valence-corrected chi connectivity index (χ2v) is 2.55. The standard InChI is InChI=1S/C7H8BFO4/c1-5-4-6(2-3-7(5)9)8(12-10)13-11/h2-4,10-11H,1H3. The molecule has 1 aromatic rings. The van der Waals surface area contributed by atoms with Crippen LogP contribution in [0.5, 0.6) is 0 Å². The molecule has 0 aliphatic rings. The molecule has 0 amide bonds. The van der Waals surface area contributed by atoms with E-state index in [1.54, 1.807) is 6.92 Å². The van der Waals surface area contributed by atoms with Crippen LogP contribution in [-0.2, 0) is 9.61 Å². The van der Waals surface area contributed by atoms with Crippen LogP contribution in [0.1, 0.15) is 5.56 Å². The maximum absolute atomic E-state index is 12.8. The van der Waals surface area contributed by atoms with E-state index in [1.807, 2.05) is 0 Å². The zero-order valence-electron chi connectivity index (χ0n) is 6.90. The van der Waals surface area contributed by atoms with Crippen LogP contribution >= 0.6 is 0 Å². The molecule has 2 N–H and O–H groups in total. The van der Waals surface area contributed by atoms with Gasteiger partial charge in [0.05, 0.1) is 0 Å². The van der Waals surface area contributed by atoms with Gasteiger partial charge in [-0.05, 0) is 24.0 Å². The highest BCUT2D eigenvalue weighted by atomic mass is 19.1. The molecule has 6 heteroatoms. The molecule has 0 heterocycles. The lowest BCUT2D eigenvalue weighted by molar-refractivity contribution is -0.221.